The van der Waals surface area contributed by atoms with Crippen LogP contribution in [-0.2, 0) is 16.4 Å². The highest BCUT2D eigenvalue weighted by atomic mass is 127. The first-order valence-electron chi connectivity index (χ1n) is 6.79. The summed E-state index contributed by atoms with van der Waals surface area (Å²) in [6.07, 6.45) is 1.71. The Hall–Kier alpha value is -0.420. The Balaban J connectivity index is 0.00000484. The lowest BCUT2D eigenvalue weighted by Gasteiger charge is -2.17. The van der Waals surface area contributed by atoms with E-state index in [1.807, 2.05) is 13.0 Å². The van der Waals surface area contributed by atoms with Crippen molar-refractivity contribution in [1.82, 2.24) is 10.6 Å². The SMILES string of the molecule is CN=C(NCc1cc(F)cc(Br)c1)NC(C)CCS(C)(=O)=O.I. The van der Waals surface area contributed by atoms with Crippen molar-refractivity contribution in [2.24, 2.45) is 4.99 Å². The van der Waals surface area contributed by atoms with Crippen molar-refractivity contribution in [3.8, 4) is 0 Å². The fourth-order valence-corrected chi connectivity index (χ4v) is 3.08. The van der Waals surface area contributed by atoms with E-state index in [0.29, 0.717) is 23.4 Å². The van der Waals surface area contributed by atoms with E-state index in [1.165, 1.54) is 18.4 Å². The number of halogens is 3. The summed E-state index contributed by atoms with van der Waals surface area (Å²) >= 11 is 3.25. The molecule has 0 aliphatic heterocycles. The number of hydrogen-bond donors (Lipinski definition) is 2. The van der Waals surface area contributed by atoms with Crippen LogP contribution in [-0.4, -0.2) is 39.5 Å². The summed E-state index contributed by atoms with van der Waals surface area (Å²) in [6, 6.07) is 4.61. The normalized spacial score (nSPS) is 13.2. The van der Waals surface area contributed by atoms with Gasteiger partial charge < -0.3 is 10.6 Å². The molecule has 0 saturated carbocycles. The maximum atomic E-state index is 13.3. The molecule has 0 fully saturated rings. The van der Waals surface area contributed by atoms with Crippen LogP contribution in [0.3, 0.4) is 0 Å². The predicted molar refractivity (Wildman–Crippen MR) is 107 cm³/mol. The summed E-state index contributed by atoms with van der Waals surface area (Å²) in [7, 11) is -1.35. The Morgan fingerprint density at radius 2 is 2.04 bits per heavy atom. The molecule has 0 aromatic heterocycles. The minimum absolute atomic E-state index is 0. The van der Waals surface area contributed by atoms with E-state index >= 15 is 0 Å². The molecule has 0 bridgehead atoms. The lowest BCUT2D eigenvalue weighted by atomic mass is 10.2. The van der Waals surface area contributed by atoms with Gasteiger partial charge >= 0.3 is 0 Å². The van der Waals surface area contributed by atoms with Crippen LogP contribution < -0.4 is 10.6 Å². The molecule has 132 valence electrons. The van der Waals surface area contributed by atoms with Gasteiger partial charge in [0.1, 0.15) is 15.7 Å². The van der Waals surface area contributed by atoms with E-state index in [2.05, 4.69) is 31.6 Å². The molecule has 1 rings (SSSR count). The van der Waals surface area contributed by atoms with Crippen LogP contribution in [0.1, 0.15) is 18.9 Å². The summed E-state index contributed by atoms with van der Waals surface area (Å²) < 4.78 is 36.3. The van der Waals surface area contributed by atoms with Crippen LogP contribution in [0, 0.1) is 5.82 Å². The van der Waals surface area contributed by atoms with E-state index in [-0.39, 0.29) is 41.6 Å². The van der Waals surface area contributed by atoms with Crippen molar-refractivity contribution in [3.05, 3.63) is 34.1 Å². The third-order valence-electron chi connectivity index (χ3n) is 2.91. The fourth-order valence-electron chi connectivity index (χ4n) is 1.79. The summed E-state index contributed by atoms with van der Waals surface area (Å²) in [5.74, 6) is 0.353. The first-order valence-corrected chi connectivity index (χ1v) is 9.65. The third-order valence-corrected chi connectivity index (χ3v) is 4.35. The number of rotatable bonds is 6. The van der Waals surface area contributed by atoms with Crippen LogP contribution in [0.5, 0.6) is 0 Å². The molecule has 0 spiro atoms. The van der Waals surface area contributed by atoms with Gasteiger partial charge in [-0.1, -0.05) is 15.9 Å². The van der Waals surface area contributed by atoms with E-state index in [0.717, 1.165) is 5.56 Å². The Morgan fingerprint density at radius 3 is 2.57 bits per heavy atom. The number of sulfone groups is 1. The van der Waals surface area contributed by atoms with Crippen molar-refractivity contribution in [2.75, 3.05) is 19.1 Å². The fraction of sp³-hybridized carbons (Fsp3) is 0.500. The van der Waals surface area contributed by atoms with Gasteiger partial charge in [-0.2, -0.15) is 0 Å². The van der Waals surface area contributed by atoms with Gasteiger partial charge in [-0.05, 0) is 37.1 Å². The highest BCUT2D eigenvalue weighted by Crippen LogP contribution is 2.14. The van der Waals surface area contributed by atoms with E-state index < -0.39 is 9.84 Å². The molecule has 2 N–H and O–H groups in total. The van der Waals surface area contributed by atoms with Gasteiger partial charge in [-0.15, -0.1) is 24.0 Å². The van der Waals surface area contributed by atoms with Crippen molar-refractivity contribution in [3.63, 3.8) is 0 Å². The lowest BCUT2D eigenvalue weighted by molar-refractivity contribution is 0.581. The van der Waals surface area contributed by atoms with Crippen LogP contribution in [0.15, 0.2) is 27.7 Å². The average molecular weight is 522 g/mol. The number of hydrogen-bond acceptors (Lipinski definition) is 3. The van der Waals surface area contributed by atoms with Gasteiger partial charge in [-0.25, -0.2) is 12.8 Å². The molecule has 0 heterocycles. The average Bonchev–Trinajstić information content (AvgIpc) is 2.39. The van der Waals surface area contributed by atoms with Crippen LogP contribution in [0.25, 0.3) is 0 Å². The quantitative estimate of drug-likeness (QED) is 0.343. The zero-order chi connectivity index (χ0) is 16.8. The smallest absolute Gasteiger partial charge is 0.191 e. The molecule has 0 radical (unpaired) electrons. The zero-order valence-electron chi connectivity index (χ0n) is 13.3. The molecule has 0 aliphatic rings. The molecule has 0 aliphatic carbocycles. The van der Waals surface area contributed by atoms with E-state index in [9.17, 15) is 12.8 Å². The third kappa shape index (κ3) is 10.1. The van der Waals surface area contributed by atoms with Crippen LogP contribution >= 0.6 is 39.9 Å². The maximum Gasteiger partial charge on any atom is 0.191 e. The summed E-state index contributed by atoms with van der Waals surface area (Å²) in [5.41, 5.74) is 0.776. The van der Waals surface area contributed by atoms with Gasteiger partial charge in [0.05, 0.1) is 5.75 Å². The van der Waals surface area contributed by atoms with E-state index in [1.54, 1.807) is 7.05 Å². The largest absolute Gasteiger partial charge is 0.354 e. The minimum Gasteiger partial charge on any atom is -0.354 e. The standard InChI is InChI=1S/C14H21BrFN3O2S.HI/c1-10(4-5-22(3,20)21)19-14(17-2)18-9-11-6-12(15)8-13(16)7-11;/h6-8,10H,4-5,9H2,1-3H3,(H2,17,18,19);1H. The monoisotopic (exact) mass is 521 g/mol. The van der Waals surface area contributed by atoms with Crippen LogP contribution in [0.4, 0.5) is 4.39 Å². The first-order chi connectivity index (χ1) is 10.2. The number of guanidine groups is 1. The molecule has 5 nitrogen and oxygen atoms in total. The van der Waals surface area contributed by atoms with Crippen molar-refractivity contribution in [1.29, 1.82) is 0 Å². The van der Waals surface area contributed by atoms with Crippen LogP contribution in [0.2, 0.25) is 0 Å². The van der Waals surface area contributed by atoms with Crippen molar-refractivity contribution >= 4 is 55.7 Å². The van der Waals surface area contributed by atoms with Gasteiger partial charge in [0, 0.05) is 30.4 Å². The molecule has 0 saturated heterocycles. The van der Waals surface area contributed by atoms with Gasteiger partial charge in [0.25, 0.3) is 0 Å². The predicted octanol–water partition coefficient (Wildman–Crippen LogP) is 2.69. The number of nitrogens with one attached hydrogen (secondary N) is 2. The second-order valence-corrected chi connectivity index (χ2v) is 8.34. The molecule has 1 aromatic rings. The molecule has 9 heteroatoms. The van der Waals surface area contributed by atoms with Gasteiger partial charge in [-0.3, -0.25) is 4.99 Å². The Kier molecular flexibility index (Phi) is 10.3. The Labute approximate surface area is 162 Å². The van der Waals surface area contributed by atoms with Gasteiger partial charge in [0.2, 0.25) is 0 Å². The number of benzene rings is 1. The summed E-state index contributed by atoms with van der Waals surface area (Å²) in [4.78, 5) is 4.07. The molecular weight excluding hydrogens is 500 g/mol. The Bertz CT molecular complexity index is 621. The first kappa shape index (κ1) is 22.6. The van der Waals surface area contributed by atoms with Gasteiger partial charge in [0.15, 0.2) is 5.96 Å². The maximum absolute atomic E-state index is 13.3. The zero-order valence-corrected chi connectivity index (χ0v) is 18.0. The highest BCUT2D eigenvalue weighted by Gasteiger charge is 2.09. The number of nitrogens with zero attached hydrogens (tertiary/aromatic N) is 1. The molecule has 1 aromatic carbocycles. The van der Waals surface area contributed by atoms with Crippen molar-refractivity contribution in [2.45, 2.75) is 25.9 Å². The summed E-state index contributed by atoms with van der Waals surface area (Å²) in [5, 5.41) is 6.18. The summed E-state index contributed by atoms with van der Waals surface area (Å²) in [6.45, 7) is 2.30. The van der Waals surface area contributed by atoms with E-state index in [4.69, 9.17) is 0 Å². The topological polar surface area (TPSA) is 70.6 Å². The molecular formula is C14H22BrFIN3O2S. The molecule has 1 atom stereocenters. The second kappa shape index (κ2) is 10.4. The minimum atomic E-state index is -2.97. The lowest BCUT2D eigenvalue weighted by Crippen LogP contribution is -2.42. The second-order valence-electron chi connectivity index (χ2n) is 5.17. The highest BCUT2D eigenvalue weighted by molar-refractivity contribution is 14.0. The van der Waals surface area contributed by atoms with Crippen molar-refractivity contribution < 1.29 is 12.8 Å². The Morgan fingerprint density at radius 1 is 1.39 bits per heavy atom. The molecule has 1 unspecified atom stereocenters. The molecule has 0 amide bonds. The number of aliphatic imine (C=N–C) groups is 1. The molecule has 23 heavy (non-hydrogen) atoms.